The van der Waals surface area contributed by atoms with Crippen molar-refractivity contribution in [2.45, 2.75) is 12.8 Å². The Balaban J connectivity index is 1.37. The maximum Gasteiger partial charge on any atom is 0.227 e. The number of amides is 1. The molecule has 4 rings (SSSR count). The van der Waals surface area contributed by atoms with E-state index >= 15 is 0 Å². The lowest BCUT2D eigenvalue weighted by Crippen LogP contribution is -2.38. The molecule has 2 aromatic carbocycles. The van der Waals surface area contributed by atoms with Gasteiger partial charge in [-0.2, -0.15) is 5.26 Å². The summed E-state index contributed by atoms with van der Waals surface area (Å²) in [7, 11) is 0. The second-order valence-corrected chi connectivity index (χ2v) is 7.56. The van der Waals surface area contributed by atoms with Gasteiger partial charge in [0.1, 0.15) is 5.82 Å². The first-order chi connectivity index (χ1) is 13.1. The molecule has 0 radical (unpaired) electrons. The fourth-order valence-electron chi connectivity index (χ4n) is 3.23. The SMILES string of the molecule is N#Cc1ccc(NC(=O)C2CCN(c3nc4ccc(F)cc4s3)CC2)cc1. The lowest BCUT2D eigenvalue weighted by atomic mass is 9.96. The highest BCUT2D eigenvalue weighted by molar-refractivity contribution is 7.22. The molecule has 1 saturated heterocycles. The van der Waals surface area contributed by atoms with Gasteiger partial charge in [0.15, 0.2) is 5.13 Å². The zero-order valence-corrected chi connectivity index (χ0v) is 15.3. The van der Waals surface area contributed by atoms with Crippen molar-refractivity contribution < 1.29 is 9.18 Å². The second-order valence-electron chi connectivity index (χ2n) is 6.55. The van der Waals surface area contributed by atoms with E-state index in [4.69, 9.17) is 5.26 Å². The molecule has 1 N–H and O–H groups in total. The number of aromatic nitrogens is 1. The van der Waals surface area contributed by atoms with Crippen molar-refractivity contribution >= 4 is 38.3 Å². The molecule has 3 aromatic rings. The molecule has 0 atom stereocenters. The third kappa shape index (κ3) is 3.76. The first-order valence-corrected chi connectivity index (χ1v) is 9.56. The molecule has 1 amide bonds. The molecule has 1 aliphatic rings. The molecule has 7 heteroatoms. The summed E-state index contributed by atoms with van der Waals surface area (Å²) in [5.41, 5.74) is 2.07. The van der Waals surface area contributed by atoms with E-state index in [1.54, 1.807) is 30.3 Å². The van der Waals surface area contributed by atoms with Gasteiger partial charge in [-0.25, -0.2) is 9.37 Å². The summed E-state index contributed by atoms with van der Waals surface area (Å²) >= 11 is 1.48. The molecule has 1 aromatic heterocycles. The van der Waals surface area contributed by atoms with Gasteiger partial charge in [-0.3, -0.25) is 4.79 Å². The number of nitrogens with one attached hydrogen (secondary N) is 1. The second kappa shape index (κ2) is 7.33. The summed E-state index contributed by atoms with van der Waals surface area (Å²) in [4.78, 5) is 19.2. The van der Waals surface area contributed by atoms with Gasteiger partial charge >= 0.3 is 0 Å². The van der Waals surface area contributed by atoms with Gasteiger partial charge in [-0.05, 0) is 55.3 Å². The van der Waals surface area contributed by atoms with E-state index in [-0.39, 0.29) is 17.6 Å². The van der Waals surface area contributed by atoms with E-state index in [1.165, 1.54) is 23.5 Å². The highest BCUT2D eigenvalue weighted by Gasteiger charge is 2.26. The largest absolute Gasteiger partial charge is 0.348 e. The van der Waals surface area contributed by atoms with Crippen LogP contribution in [-0.4, -0.2) is 24.0 Å². The zero-order valence-electron chi connectivity index (χ0n) is 14.5. The quantitative estimate of drug-likeness (QED) is 0.741. The molecule has 0 saturated carbocycles. The molecule has 27 heavy (non-hydrogen) atoms. The van der Waals surface area contributed by atoms with Gasteiger partial charge < -0.3 is 10.2 Å². The summed E-state index contributed by atoms with van der Waals surface area (Å²) in [6.07, 6.45) is 1.48. The van der Waals surface area contributed by atoms with Gasteiger partial charge in [-0.1, -0.05) is 11.3 Å². The number of nitriles is 1. The Labute approximate surface area is 160 Å². The monoisotopic (exact) mass is 380 g/mol. The summed E-state index contributed by atoms with van der Waals surface area (Å²) in [5.74, 6) is -0.301. The number of carbonyl (C=O) groups is 1. The maximum absolute atomic E-state index is 13.4. The normalized spacial score (nSPS) is 14.9. The minimum atomic E-state index is -0.254. The Morgan fingerprint density at radius 3 is 2.67 bits per heavy atom. The number of carbonyl (C=O) groups excluding carboxylic acids is 1. The predicted molar refractivity (Wildman–Crippen MR) is 104 cm³/mol. The maximum atomic E-state index is 13.4. The van der Waals surface area contributed by atoms with E-state index in [0.29, 0.717) is 11.3 Å². The highest BCUT2D eigenvalue weighted by atomic mass is 32.1. The number of nitrogens with zero attached hydrogens (tertiary/aromatic N) is 3. The lowest BCUT2D eigenvalue weighted by Gasteiger charge is -2.31. The van der Waals surface area contributed by atoms with Crippen molar-refractivity contribution in [3.8, 4) is 6.07 Å². The molecule has 2 heterocycles. The number of hydrogen-bond acceptors (Lipinski definition) is 5. The number of halogens is 1. The Morgan fingerprint density at radius 1 is 1.22 bits per heavy atom. The van der Waals surface area contributed by atoms with Crippen molar-refractivity contribution in [1.82, 2.24) is 4.98 Å². The molecule has 0 unspecified atom stereocenters. The fourth-order valence-corrected chi connectivity index (χ4v) is 4.27. The minimum absolute atomic E-state index is 0.00530. The van der Waals surface area contributed by atoms with Crippen LogP contribution in [0.3, 0.4) is 0 Å². The molecule has 136 valence electrons. The van der Waals surface area contributed by atoms with Crippen molar-refractivity contribution in [1.29, 1.82) is 5.26 Å². The summed E-state index contributed by atoms with van der Waals surface area (Å²) in [6, 6.07) is 13.5. The number of thiazole rings is 1. The average Bonchev–Trinajstić information content (AvgIpc) is 3.12. The topological polar surface area (TPSA) is 69.0 Å². The van der Waals surface area contributed by atoms with Crippen LogP contribution in [0.5, 0.6) is 0 Å². The number of rotatable bonds is 3. The number of piperidine rings is 1. The van der Waals surface area contributed by atoms with Crippen molar-refractivity contribution in [3.05, 3.63) is 53.8 Å². The molecule has 0 aliphatic carbocycles. The third-order valence-electron chi connectivity index (χ3n) is 4.76. The summed E-state index contributed by atoms with van der Waals surface area (Å²) < 4.78 is 14.2. The fraction of sp³-hybridized carbons (Fsp3) is 0.250. The summed E-state index contributed by atoms with van der Waals surface area (Å²) in [5, 5.41) is 12.6. The molecular formula is C20H17FN4OS. The first kappa shape index (κ1) is 17.4. The number of hydrogen-bond donors (Lipinski definition) is 1. The van der Waals surface area contributed by atoms with Gasteiger partial charge in [-0.15, -0.1) is 0 Å². The van der Waals surface area contributed by atoms with Crippen LogP contribution in [0.25, 0.3) is 10.2 Å². The molecular weight excluding hydrogens is 363 g/mol. The molecule has 1 fully saturated rings. The number of benzene rings is 2. The zero-order chi connectivity index (χ0) is 18.8. The van der Waals surface area contributed by atoms with Gasteiger partial charge in [0.05, 0.1) is 21.8 Å². The summed E-state index contributed by atoms with van der Waals surface area (Å²) in [6.45, 7) is 1.49. The van der Waals surface area contributed by atoms with E-state index in [1.807, 2.05) is 0 Å². The number of fused-ring (bicyclic) bond motifs is 1. The molecule has 0 bridgehead atoms. The molecule has 0 spiro atoms. The molecule has 5 nitrogen and oxygen atoms in total. The van der Waals surface area contributed by atoms with Crippen LogP contribution < -0.4 is 10.2 Å². The van der Waals surface area contributed by atoms with Crippen molar-refractivity contribution in [2.75, 3.05) is 23.3 Å². The standard InChI is InChI=1S/C20H17FN4OS/c21-15-3-6-17-18(11-15)27-20(24-17)25-9-7-14(8-10-25)19(26)23-16-4-1-13(12-22)2-5-16/h1-6,11,14H,7-10H2,(H,23,26). The van der Waals surface area contributed by atoms with Crippen LogP contribution in [0.1, 0.15) is 18.4 Å². The smallest absolute Gasteiger partial charge is 0.227 e. The predicted octanol–water partition coefficient (Wildman–Crippen LogP) is 4.16. The Kier molecular flexibility index (Phi) is 4.73. The minimum Gasteiger partial charge on any atom is -0.348 e. The molecule has 1 aliphatic heterocycles. The van der Waals surface area contributed by atoms with Crippen LogP contribution in [0.15, 0.2) is 42.5 Å². The van der Waals surface area contributed by atoms with E-state index in [0.717, 1.165) is 41.3 Å². The van der Waals surface area contributed by atoms with Gasteiger partial charge in [0.2, 0.25) is 5.91 Å². The van der Waals surface area contributed by atoms with Crippen LogP contribution in [0, 0.1) is 23.1 Å². The van der Waals surface area contributed by atoms with Gasteiger partial charge in [0.25, 0.3) is 0 Å². The lowest BCUT2D eigenvalue weighted by molar-refractivity contribution is -0.120. The highest BCUT2D eigenvalue weighted by Crippen LogP contribution is 2.32. The van der Waals surface area contributed by atoms with Crippen LogP contribution >= 0.6 is 11.3 Å². The van der Waals surface area contributed by atoms with Crippen molar-refractivity contribution in [3.63, 3.8) is 0 Å². The van der Waals surface area contributed by atoms with Crippen LogP contribution in [-0.2, 0) is 4.79 Å². The van der Waals surface area contributed by atoms with Gasteiger partial charge in [0, 0.05) is 24.7 Å². The van der Waals surface area contributed by atoms with Crippen LogP contribution in [0.4, 0.5) is 15.2 Å². The van der Waals surface area contributed by atoms with E-state index < -0.39 is 0 Å². The average molecular weight is 380 g/mol. The van der Waals surface area contributed by atoms with Crippen LogP contribution in [0.2, 0.25) is 0 Å². The Hall–Kier alpha value is -2.98. The Morgan fingerprint density at radius 2 is 1.96 bits per heavy atom. The van der Waals surface area contributed by atoms with E-state index in [2.05, 4.69) is 21.3 Å². The first-order valence-electron chi connectivity index (χ1n) is 8.74. The Bertz CT molecular complexity index is 1020. The number of anilines is 2. The third-order valence-corrected chi connectivity index (χ3v) is 5.84. The van der Waals surface area contributed by atoms with E-state index in [9.17, 15) is 9.18 Å². The van der Waals surface area contributed by atoms with Crippen molar-refractivity contribution in [2.24, 2.45) is 5.92 Å².